The van der Waals surface area contributed by atoms with Crippen molar-refractivity contribution in [2.45, 2.75) is 6.42 Å². The van der Waals surface area contributed by atoms with Crippen molar-refractivity contribution >= 4 is 11.6 Å². The minimum Gasteiger partial charge on any atom is -0.399 e. The second-order valence-corrected chi connectivity index (χ2v) is 4.16. The van der Waals surface area contributed by atoms with E-state index in [0.717, 1.165) is 5.56 Å². The van der Waals surface area contributed by atoms with E-state index in [2.05, 4.69) is 10.3 Å². The third-order valence-corrected chi connectivity index (χ3v) is 2.74. The number of amides is 1. The molecule has 2 aromatic rings. The predicted molar refractivity (Wildman–Crippen MR) is 74.0 cm³/mol. The molecule has 0 unspecified atom stereocenters. The van der Waals surface area contributed by atoms with E-state index in [-0.39, 0.29) is 17.0 Å². The summed E-state index contributed by atoms with van der Waals surface area (Å²) in [5.74, 6) is -0.364. The van der Waals surface area contributed by atoms with Crippen molar-refractivity contribution in [2.24, 2.45) is 0 Å². The number of nitrogen functional groups attached to an aromatic ring is 1. The third kappa shape index (κ3) is 3.45. The molecule has 4 N–H and O–H groups in total. The first-order valence-corrected chi connectivity index (χ1v) is 5.97. The fraction of sp³-hybridized carbons (Fsp3) is 0.143. The molecule has 0 atom stereocenters. The number of benzene rings is 1. The SMILES string of the molecule is Nc1ccc(CCNC(=O)c2ccc[nH]c2=O)cc1. The first kappa shape index (κ1) is 12.9. The molecule has 1 amide bonds. The van der Waals surface area contributed by atoms with Gasteiger partial charge >= 0.3 is 0 Å². The minimum atomic E-state index is -0.382. The van der Waals surface area contributed by atoms with Crippen LogP contribution >= 0.6 is 0 Å². The van der Waals surface area contributed by atoms with Crippen LogP contribution in [-0.4, -0.2) is 17.4 Å². The Morgan fingerprint density at radius 3 is 2.63 bits per heavy atom. The summed E-state index contributed by atoms with van der Waals surface area (Å²) in [7, 11) is 0. The van der Waals surface area contributed by atoms with Gasteiger partial charge in [-0.25, -0.2) is 0 Å². The van der Waals surface area contributed by atoms with Crippen LogP contribution in [0.1, 0.15) is 15.9 Å². The number of aromatic nitrogens is 1. The molecule has 1 heterocycles. The number of nitrogens with one attached hydrogen (secondary N) is 2. The maximum atomic E-state index is 11.8. The molecule has 5 heteroatoms. The summed E-state index contributed by atoms with van der Waals surface area (Å²) in [6.07, 6.45) is 2.18. The maximum absolute atomic E-state index is 11.8. The number of anilines is 1. The van der Waals surface area contributed by atoms with Gasteiger partial charge in [0.25, 0.3) is 11.5 Å². The predicted octanol–water partition coefficient (Wildman–Crippen LogP) is 0.930. The number of hydrogen-bond acceptors (Lipinski definition) is 3. The fourth-order valence-electron chi connectivity index (χ4n) is 1.70. The van der Waals surface area contributed by atoms with Crippen LogP contribution in [0, 0.1) is 0 Å². The molecule has 0 saturated carbocycles. The smallest absolute Gasteiger partial charge is 0.260 e. The molecule has 1 aromatic heterocycles. The summed E-state index contributed by atoms with van der Waals surface area (Å²) in [6.45, 7) is 0.469. The van der Waals surface area contributed by atoms with Gasteiger partial charge in [-0.1, -0.05) is 12.1 Å². The van der Waals surface area contributed by atoms with Crippen molar-refractivity contribution in [1.82, 2.24) is 10.3 Å². The number of nitrogens with two attached hydrogens (primary N) is 1. The maximum Gasteiger partial charge on any atom is 0.260 e. The monoisotopic (exact) mass is 257 g/mol. The van der Waals surface area contributed by atoms with Crippen molar-refractivity contribution in [1.29, 1.82) is 0 Å². The Balaban J connectivity index is 1.89. The molecule has 5 nitrogen and oxygen atoms in total. The van der Waals surface area contributed by atoms with Gasteiger partial charge in [-0.2, -0.15) is 0 Å². The molecule has 98 valence electrons. The van der Waals surface area contributed by atoms with Crippen molar-refractivity contribution in [3.8, 4) is 0 Å². The van der Waals surface area contributed by atoms with Crippen LogP contribution in [-0.2, 0) is 6.42 Å². The number of rotatable bonds is 4. The van der Waals surface area contributed by atoms with E-state index >= 15 is 0 Å². The molecular weight excluding hydrogens is 242 g/mol. The Hall–Kier alpha value is -2.56. The molecule has 0 aliphatic heterocycles. The molecule has 1 aromatic carbocycles. The van der Waals surface area contributed by atoms with E-state index < -0.39 is 0 Å². The van der Waals surface area contributed by atoms with Gasteiger partial charge in [-0.3, -0.25) is 9.59 Å². The van der Waals surface area contributed by atoms with Gasteiger partial charge in [0.05, 0.1) is 0 Å². The van der Waals surface area contributed by atoms with Crippen LogP contribution in [0.3, 0.4) is 0 Å². The number of hydrogen-bond donors (Lipinski definition) is 3. The van der Waals surface area contributed by atoms with E-state index in [4.69, 9.17) is 5.73 Å². The highest BCUT2D eigenvalue weighted by Crippen LogP contribution is 2.05. The normalized spacial score (nSPS) is 10.1. The first-order valence-electron chi connectivity index (χ1n) is 5.97. The van der Waals surface area contributed by atoms with Crippen LogP contribution in [0.25, 0.3) is 0 Å². The quantitative estimate of drug-likeness (QED) is 0.712. The zero-order chi connectivity index (χ0) is 13.7. The van der Waals surface area contributed by atoms with Gasteiger partial charge in [-0.05, 0) is 36.2 Å². The molecule has 0 spiro atoms. The highest BCUT2D eigenvalue weighted by Gasteiger charge is 2.08. The summed E-state index contributed by atoms with van der Waals surface area (Å²) in [4.78, 5) is 25.6. The molecule has 0 radical (unpaired) electrons. The topological polar surface area (TPSA) is 88.0 Å². The lowest BCUT2D eigenvalue weighted by atomic mass is 10.1. The summed E-state index contributed by atoms with van der Waals surface area (Å²) in [5.41, 5.74) is 7.12. The number of pyridine rings is 1. The second-order valence-electron chi connectivity index (χ2n) is 4.16. The van der Waals surface area contributed by atoms with Gasteiger partial charge in [0.15, 0.2) is 0 Å². The van der Waals surface area contributed by atoms with Gasteiger partial charge in [0.2, 0.25) is 0 Å². The Labute approximate surface area is 110 Å². The molecule has 0 aliphatic rings. The largest absolute Gasteiger partial charge is 0.399 e. The van der Waals surface area contributed by atoms with Crippen molar-refractivity contribution in [3.05, 3.63) is 64.1 Å². The summed E-state index contributed by atoms with van der Waals surface area (Å²) in [5, 5.41) is 2.71. The van der Waals surface area contributed by atoms with Gasteiger partial charge < -0.3 is 16.0 Å². The van der Waals surface area contributed by atoms with E-state index in [0.29, 0.717) is 18.7 Å². The molecular formula is C14H15N3O2. The van der Waals surface area contributed by atoms with Crippen LogP contribution in [0.5, 0.6) is 0 Å². The Morgan fingerprint density at radius 2 is 1.95 bits per heavy atom. The van der Waals surface area contributed by atoms with Gasteiger partial charge in [0, 0.05) is 18.4 Å². The lowest BCUT2D eigenvalue weighted by Crippen LogP contribution is -2.30. The zero-order valence-electron chi connectivity index (χ0n) is 10.3. The van der Waals surface area contributed by atoms with Gasteiger partial charge in [0.1, 0.15) is 5.56 Å². The third-order valence-electron chi connectivity index (χ3n) is 2.74. The Morgan fingerprint density at radius 1 is 1.21 bits per heavy atom. The molecule has 0 saturated heterocycles. The molecule has 0 fully saturated rings. The number of aromatic amines is 1. The van der Waals surface area contributed by atoms with Crippen LogP contribution < -0.4 is 16.6 Å². The lowest BCUT2D eigenvalue weighted by molar-refractivity contribution is 0.0952. The fourth-order valence-corrected chi connectivity index (χ4v) is 1.70. The number of carbonyl (C=O) groups is 1. The molecule has 2 rings (SSSR count). The van der Waals surface area contributed by atoms with E-state index in [9.17, 15) is 9.59 Å². The van der Waals surface area contributed by atoms with Crippen LogP contribution in [0.15, 0.2) is 47.4 Å². The molecule has 0 aliphatic carbocycles. The summed E-state index contributed by atoms with van der Waals surface area (Å²) in [6, 6.07) is 10.6. The standard InChI is InChI=1S/C14H15N3O2/c15-11-5-3-10(4-6-11)7-9-17-14(19)12-2-1-8-16-13(12)18/h1-6,8H,7,9,15H2,(H,16,18)(H,17,19). The van der Waals surface area contributed by atoms with Crippen LogP contribution in [0.2, 0.25) is 0 Å². The first-order chi connectivity index (χ1) is 9.16. The average Bonchev–Trinajstić information content (AvgIpc) is 2.41. The van der Waals surface area contributed by atoms with Crippen molar-refractivity contribution in [2.75, 3.05) is 12.3 Å². The number of carbonyl (C=O) groups excluding carboxylic acids is 1. The second kappa shape index (κ2) is 5.86. The molecule has 0 bridgehead atoms. The Kier molecular flexibility index (Phi) is 3.97. The van der Waals surface area contributed by atoms with E-state index in [1.54, 1.807) is 6.07 Å². The van der Waals surface area contributed by atoms with Crippen LogP contribution in [0.4, 0.5) is 5.69 Å². The average molecular weight is 257 g/mol. The van der Waals surface area contributed by atoms with E-state index in [1.807, 2.05) is 24.3 Å². The van der Waals surface area contributed by atoms with E-state index in [1.165, 1.54) is 12.3 Å². The molecule has 19 heavy (non-hydrogen) atoms. The minimum absolute atomic E-state index is 0.125. The lowest BCUT2D eigenvalue weighted by Gasteiger charge is -2.05. The highest BCUT2D eigenvalue weighted by atomic mass is 16.2. The summed E-state index contributed by atoms with van der Waals surface area (Å²) < 4.78 is 0. The van der Waals surface area contributed by atoms with Gasteiger partial charge in [-0.15, -0.1) is 0 Å². The van der Waals surface area contributed by atoms with Crippen molar-refractivity contribution < 1.29 is 4.79 Å². The number of H-pyrrole nitrogens is 1. The summed E-state index contributed by atoms with van der Waals surface area (Å²) >= 11 is 0. The van der Waals surface area contributed by atoms with Crippen molar-refractivity contribution in [3.63, 3.8) is 0 Å². The Bertz CT molecular complexity index is 617. The zero-order valence-corrected chi connectivity index (χ0v) is 10.3. The highest BCUT2D eigenvalue weighted by molar-refractivity contribution is 5.93.